The third-order valence-electron chi connectivity index (χ3n) is 13.9. The van der Waals surface area contributed by atoms with Crippen LogP contribution >= 0.6 is 0 Å². The number of rotatable bonds is 59. The van der Waals surface area contributed by atoms with Gasteiger partial charge in [-0.15, -0.1) is 0 Å². The first-order valence-electron chi connectivity index (χ1n) is 33.2. The molecule has 1 unspecified atom stereocenters. The second kappa shape index (κ2) is 67.1. The highest BCUT2D eigenvalue weighted by Crippen LogP contribution is 2.15. The molecule has 0 aromatic rings. The Bertz CT molecular complexity index is 1700. The Kier molecular flexibility index (Phi) is 63.3. The summed E-state index contributed by atoms with van der Waals surface area (Å²) in [6.07, 6.45) is 94.6. The van der Waals surface area contributed by atoms with Gasteiger partial charge < -0.3 is 14.2 Å². The summed E-state index contributed by atoms with van der Waals surface area (Å²) < 4.78 is 16.9. The normalized spacial score (nSPS) is 13.0. The van der Waals surface area contributed by atoms with Gasteiger partial charge in [0.25, 0.3) is 0 Å². The lowest BCUT2D eigenvalue weighted by atomic mass is 10.0. The number of ether oxygens (including phenoxy) is 3. The van der Waals surface area contributed by atoms with E-state index in [1.165, 1.54) is 141 Å². The maximum atomic E-state index is 12.9. The minimum atomic E-state index is -0.808. The molecule has 6 nitrogen and oxygen atoms in total. The molecular weight excluding hydrogens is 985 g/mol. The number of carbonyl (C=O) groups excluding carboxylic acids is 3. The predicted octanol–water partition coefficient (Wildman–Crippen LogP) is 22.9. The minimum Gasteiger partial charge on any atom is -0.462 e. The van der Waals surface area contributed by atoms with Gasteiger partial charge in [-0.3, -0.25) is 14.4 Å². The third-order valence-corrected chi connectivity index (χ3v) is 13.9. The summed E-state index contributed by atoms with van der Waals surface area (Å²) in [5, 5.41) is 0. The van der Waals surface area contributed by atoms with Crippen LogP contribution in [0.15, 0.2) is 134 Å². The van der Waals surface area contributed by atoms with Gasteiger partial charge >= 0.3 is 17.9 Å². The Morgan fingerprint density at radius 2 is 0.500 bits per heavy atom. The average Bonchev–Trinajstić information content (AvgIpc) is 3.46. The van der Waals surface area contributed by atoms with Crippen LogP contribution < -0.4 is 0 Å². The Hall–Kier alpha value is -4.45. The summed E-state index contributed by atoms with van der Waals surface area (Å²) in [7, 11) is 0. The lowest BCUT2D eigenvalue weighted by Gasteiger charge is -2.18. The first-order valence-corrected chi connectivity index (χ1v) is 33.2. The molecule has 0 amide bonds. The molecule has 0 aromatic heterocycles. The first kappa shape index (κ1) is 75.5. The molecule has 0 spiro atoms. The van der Waals surface area contributed by atoms with Gasteiger partial charge in [0.15, 0.2) is 6.10 Å². The number of esters is 3. The molecule has 454 valence electrons. The van der Waals surface area contributed by atoms with Gasteiger partial charge in [-0.25, -0.2) is 0 Å². The molecule has 0 radical (unpaired) electrons. The van der Waals surface area contributed by atoms with Gasteiger partial charge in [0, 0.05) is 19.3 Å². The second-order valence-corrected chi connectivity index (χ2v) is 21.6. The maximum Gasteiger partial charge on any atom is 0.306 e. The van der Waals surface area contributed by atoms with E-state index >= 15 is 0 Å². The smallest absolute Gasteiger partial charge is 0.306 e. The molecule has 0 aliphatic rings. The summed E-state index contributed by atoms with van der Waals surface area (Å²) in [6, 6.07) is 0. The Morgan fingerprint density at radius 3 is 0.812 bits per heavy atom. The number of carbonyl (C=O) groups is 3. The fourth-order valence-electron chi connectivity index (χ4n) is 8.95. The Balaban J connectivity index is 4.42. The van der Waals surface area contributed by atoms with E-state index in [-0.39, 0.29) is 37.5 Å². The summed E-state index contributed by atoms with van der Waals surface area (Å²) in [6.45, 7) is 6.48. The van der Waals surface area contributed by atoms with Crippen LogP contribution in [0.5, 0.6) is 0 Å². The largest absolute Gasteiger partial charge is 0.462 e. The third kappa shape index (κ3) is 64.4. The van der Waals surface area contributed by atoms with Gasteiger partial charge in [0.05, 0.1) is 0 Å². The highest BCUT2D eigenvalue weighted by Gasteiger charge is 2.19. The van der Waals surface area contributed by atoms with E-state index in [0.717, 1.165) is 109 Å². The highest BCUT2D eigenvalue weighted by atomic mass is 16.6. The number of hydrogen-bond acceptors (Lipinski definition) is 6. The lowest BCUT2D eigenvalue weighted by Crippen LogP contribution is -2.30. The molecule has 6 heteroatoms. The summed E-state index contributed by atoms with van der Waals surface area (Å²) in [5.41, 5.74) is 0. The topological polar surface area (TPSA) is 78.9 Å². The van der Waals surface area contributed by atoms with Crippen LogP contribution in [-0.4, -0.2) is 37.2 Å². The molecule has 0 aliphatic carbocycles. The predicted molar refractivity (Wildman–Crippen MR) is 348 cm³/mol. The van der Waals surface area contributed by atoms with Crippen LogP contribution in [0.2, 0.25) is 0 Å². The van der Waals surface area contributed by atoms with E-state index in [9.17, 15) is 14.4 Å². The quantitative estimate of drug-likeness (QED) is 0.0261. The zero-order chi connectivity index (χ0) is 57.8. The molecule has 0 N–H and O–H groups in total. The van der Waals surface area contributed by atoms with E-state index in [1.807, 2.05) is 0 Å². The second-order valence-electron chi connectivity index (χ2n) is 21.6. The van der Waals surface area contributed by atoms with Crippen LogP contribution in [-0.2, 0) is 28.6 Å². The van der Waals surface area contributed by atoms with Crippen LogP contribution in [0.4, 0.5) is 0 Å². The van der Waals surface area contributed by atoms with Gasteiger partial charge in [-0.05, 0) is 116 Å². The van der Waals surface area contributed by atoms with Crippen molar-refractivity contribution in [2.45, 2.75) is 303 Å². The standard InChI is InChI=1S/C74H122O6/c1-4-7-10-13-16-19-22-25-27-29-31-33-34-35-36-37-38-39-40-42-43-45-47-49-52-55-58-61-64-67-73(76)79-70-71(69-78-72(75)66-63-60-57-54-51-24-21-18-15-12-9-6-3)80-74(77)68-65-62-59-56-53-50-48-46-44-41-32-30-28-26-23-20-17-14-11-8-5-2/h7,10,16,19,23,25-27,30-33,35-36,38-39,42-43,47,49,55,58,71H,4-6,8-9,11-15,17-18,20-22,24,28-29,34,37,40-41,44-46,48,50-54,56-57,59-70H2,1-3H3/b10-7-,19-16-,26-23-,27-25-,32-30-,33-31-,36-35-,39-38-,43-42-,49-47-,58-55-. The van der Waals surface area contributed by atoms with Crippen molar-refractivity contribution >= 4 is 17.9 Å². The van der Waals surface area contributed by atoms with E-state index in [0.29, 0.717) is 19.3 Å². The molecule has 0 bridgehead atoms. The highest BCUT2D eigenvalue weighted by molar-refractivity contribution is 5.71. The van der Waals surface area contributed by atoms with Gasteiger partial charge in [0.1, 0.15) is 13.2 Å². The fourth-order valence-corrected chi connectivity index (χ4v) is 8.95. The van der Waals surface area contributed by atoms with Crippen molar-refractivity contribution < 1.29 is 28.6 Å². The van der Waals surface area contributed by atoms with Crippen LogP contribution in [0.25, 0.3) is 0 Å². The van der Waals surface area contributed by atoms with Crippen LogP contribution in [0, 0.1) is 0 Å². The van der Waals surface area contributed by atoms with Crippen molar-refractivity contribution in [1.82, 2.24) is 0 Å². The van der Waals surface area contributed by atoms with Crippen molar-refractivity contribution in [2.75, 3.05) is 13.2 Å². The van der Waals surface area contributed by atoms with Crippen LogP contribution in [0.1, 0.15) is 297 Å². The number of allylic oxidation sites excluding steroid dienone is 22. The van der Waals surface area contributed by atoms with E-state index in [2.05, 4.69) is 154 Å². The van der Waals surface area contributed by atoms with Crippen molar-refractivity contribution in [2.24, 2.45) is 0 Å². The zero-order valence-corrected chi connectivity index (χ0v) is 52.0. The van der Waals surface area contributed by atoms with Gasteiger partial charge in [-0.2, -0.15) is 0 Å². The molecule has 0 saturated carbocycles. The van der Waals surface area contributed by atoms with Gasteiger partial charge in [-0.1, -0.05) is 296 Å². The molecular formula is C74H122O6. The van der Waals surface area contributed by atoms with Crippen molar-refractivity contribution in [3.63, 3.8) is 0 Å². The molecule has 0 heterocycles. The Morgan fingerprint density at radius 1 is 0.263 bits per heavy atom. The first-order chi connectivity index (χ1) is 39.5. The molecule has 0 saturated heterocycles. The molecule has 1 atom stereocenters. The van der Waals surface area contributed by atoms with Crippen molar-refractivity contribution in [1.29, 1.82) is 0 Å². The minimum absolute atomic E-state index is 0.0986. The lowest BCUT2D eigenvalue weighted by molar-refractivity contribution is -0.167. The molecule has 80 heavy (non-hydrogen) atoms. The molecule has 0 aliphatic heterocycles. The molecule has 0 aromatic carbocycles. The monoisotopic (exact) mass is 1110 g/mol. The van der Waals surface area contributed by atoms with E-state index < -0.39 is 6.10 Å². The van der Waals surface area contributed by atoms with Crippen molar-refractivity contribution in [3.8, 4) is 0 Å². The zero-order valence-electron chi connectivity index (χ0n) is 52.0. The molecule has 0 fully saturated rings. The SMILES string of the molecule is CC/C=C\C/C=C\C/C=C\C/C=C\C/C=C\C/C=C\C/C=C\C/C=C\C/C=C\CCCC(=O)OCC(COC(=O)CCCCCCCCCCCCCC)OC(=O)CCCCCCCCCCC/C=C\C/C=C\CCCCCCC. The summed E-state index contributed by atoms with van der Waals surface area (Å²) in [5.74, 6) is -0.961. The number of unbranched alkanes of at least 4 members (excludes halogenated alkanes) is 26. The summed E-state index contributed by atoms with van der Waals surface area (Å²) >= 11 is 0. The van der Waals surface area contributed by atoms with E-state index in [4.69, 9.17) is 14.2 Å². The molecule has 0 rings (SSSR count). The van der Waals surface area contributed by atoms with Crippen LogP contribution in [0.3, 0.4) is 0 Å². The number of hydrogen-bond donors (Lipinski definition) is 0. The summed E-state index contributed by atoms with van der Waals surface area (Å²) in [4.78, 5) is 38.3. The van der Waals surface area contributed by atoms with E-state index in [1.54, 1.807) is 0 Å². The van der Waals surface area contributed by atoms with Crippen molar-refractivity contribution in [3.05, 3.63) is 134 Å². The Labute approximate surface area is 494 Å². The fraction of sp³-hybridized carbons (Fsp3) is 0.662. The average molecular weight is 1110 g/mol. The van der Waals surface area contributed by atoms with Gasteiger partial charge in [0.2, 0.25) is 0 Å². The maximum absolute atomic E-state index is 12.9.